The molecule has 0 amide bonds. The van der Waals surface area contributed by atoms with Crippen LogP contribution in [0.4, 0.5) is 11.4 Å². The number of rotatable bonds is 6. The highest BCUT2D eigenvalue weighted by Crippen LogP contribution is 2.45. The van der Waals surface area contributed by atoms with E-state index < -0.39 is 21.2 Å². The summed E-state index contributed by atoms with van der Waals surface area (Å²) in [4.78, 5) is 25.6. The van der Waals surface area contributed by atoms with Crippen molar-refractivity contribution in [3.05, 3.63) is 80.9 Å². The second-order valence-corrected chi connectivity index (χ2v) is 7.12. The van der Waals surface area contributed by atoms with Crippen LogP contribution in [-0.2, 0) is 0 Å². The minimum Gasteiger partial charge on any atom is -0.493 e. The molecule has 0 aliphatic carbocycles. The first kappa shape index (κ1) is 19.3. The normalized spacial score (nSPS) is 10.7. The monoisotopic (exact) mass is 423 g/mol. The number of ether oxygens (including phenoxy) is 2. The number of hydrogen-bond donors (Lipinski definition) is 0. The molecule has 0 aliphatic rings. The van der Waals surface area contributed by atoms with Crippen molar-refractivity contribution >= 4 is 32.9 Å². The van der Waals surface area contributed by atoms with Crippen LogP contribution in [0.5, 0.6) is 17.2 Å². The standard InChI is InChI=1S/C20H13N3O6S/c1-28-17-7-4-5-13(20-21-14-6-2-3-8-18(14)30-20)19(17)29-16-10-9-12(22(24)25)11-15(16)23(26)27/h2-11H,1H3. The van der Waals surface area contributed by atoms with Crippen LogP contribution in [0.2, 0.25) is 0 Å². The van der Waals surface area contributed by atoms with Gasteiger partial charge in [-0.05, 0) is 30.3 Å². The highest BCUT2D eigenvalue weighted by atomic mass is 32.1. The van der Waals surface area contributed by atoms with Gasteiger partial charge in [0.1, 0.15) is 5.01 Å². The van der Waals surface area contributed by atoms with Crippen molar-refractivity contribution in [2.75, 3.05) is 7.11 Å². The van der Waals surface area contributed by atoms with Gasteiger partial charge in [0, 0.05) is 6.07 Å². The molecule has 10 heteroatoms. The lowest BCUT2D eigenvalue weighted by Gasteiger charge is -2.13. The Labute approximate surface area is 173 Å². The Bertz CT molecular complexity index is 1250. The Kier molecular flexibility index (Phi) is 4.98. The number of methoxy groups -OCH3 is 1. The molecule has 0 fully saturated rings. The Balaban J connectivity index is 1.85. The number of non-ortho nitro benzene ring substituents is 1. The van der Waals surface area contributed by atoms with E-state index in [1.807, 2.05) is 24.3 Å². The number of para-hydroxylation sites is 2. The van der Waals surface area contributed by atoms with Gasteiger partial charge in [-0.25, -0.2) is 4.98 Å². The molecule has 150 valence electrons. The molecule has 0 saturated heterocycles. The Morgan fingerprint density at radius 2 is 1.73 bits per heavy atom. The molecule has 0 saturated carbocycles. The average Bonchev–Trinajstić information content (AvgIpc) is 3.17. The zero-order valence-electron chi connectivity index (χ0n) is 15.5. The molecular weight excluding hydrogens is 410 g/mol. The summed E-state index contributed by atoms with van der Waals surface area (Å²) < 4.78 is 12.3. The minimum atomic E-state index is -0.727. The van der Waals surface area contributed by atoms with Crippen LogP contribution in [0.15, 0.2) is 60.7 Å². The van der Waals surface area contributed by atoms with E-state index in [-0.39, 0.29) is 11.5 Å². The lowest BCUT2D eigenvalue weighted by Crippen LogP contribution is -1.98. The van der Waals surface area contributed by atoms with Crippen molar-refractivity contribution in [1.29, 1.82) is 0 Å². The van der Waals surface area contributed by atoms with Crippen LogP contribution in [0.1, 0.15) is 0 Å². The van der Waals surface area contributed by atoms with Crippen LogP contribution >= 0.6 is 11.3 Å². The summed E-state index contributed by atoms with van der Waals surface area (Å²) in [5.41, 5.74) is 0.474. The van der Waals surface area contributed by atoms with Gasteiger partial charge < -0.3 is 9.47 Å². The third-order valence-corrected chi connectivity index (χ3v) is 5.35. The molecule has 9 nitrogen and oxygen atoms in total. The third kappa shape index (κ3) is 3.51. The molecule has 4 rings (SSSR count). The van der Waals surface area contributed by atoms with Crippen molar-refractivity contribution in [3.8, 4) is 27.8 Å². The van der Waals surface area contributed by atoms with Crippen molar-refractivity contribution < 1.29 is 19.3 Å². The molecule has 0 aliphatic heterocycles. The number of aromatic nitrogens is 1. The fraction of sp³-hybridized carbons (Fsp3) is 0.0500. The van der Waals surface area contributed by atoms with Crippen LogP contribution in [0, 0.1) is 20.2 Å². The number of nitro benzene ring substituents is 2. The number of nitro groups is 2. The van der Waals surface area contributed by atoms with E-state index in [1.165, 1.54) is 24.5 Å². The number of nitrogens with zero attached hydrogens (tertiary/aromatic N) is 3. The maximum atomic E-state index is 11.5. The predicted octanol–water partition coefficient (Wildman–Crippen LogP) is 5.58. The van der Waals surface area contributed by atoms with Gasteiger partial charge in [-0.3, -0.25) is 20.2 Å². The van der Waals surface area contributed by atoms with Crippen molar-refractivity contribution in [3.63, 3.8) is 0 Å². The van der Waals surface area contributed by atoms with Gasteiger partial charge in [-0.2, -0.15) is 0 Å². The first-order chi connectivity index (χ1) is 14.5. The van der Waals surface area contributed by atoms with E-state index in [2.05, 4.69) is 4.98 Å². The number of fused-ring (bicyclic) bond motifs is 1. The van der Waals surface area contributed by atoms with Gasteiger partial charge in [0.05, 0.1) is 38.8 Å². The van der Waals surface area contributed by atoms with Gasteiger partial charge in [0.15, 0.2) is 11.5 Å². The molecule has 0 bridgehead atoms. The van der Waals surface area contributed by atoms with E-state index in [0.29, 0.717) is 16.3 Å². The van der Waals surface area contributed by atoms with Gasteiger partial charge in [0.2, 0.25) is 5.75 Å². The van der Waals surface area contributed by atoms with Gasteiger partial charge in [0.25, 0.3) is 5.69 Å². The van der Waals surface area contributed by atoms with Crippen molar-refractivity contribution in [2.24, 2.45) is 0 Å². The molecule has 3 aromatic carbocycles. The van der Waals surface area contributed by atoms with E-state index in [4.69, 9.17) is 9.47 Å². The first-order valence-corrected chi connectivity index (χ1v) is 9.43. The molecule has 0 unspecified atom stereocenters. The maximum absolute atomic E-state index is 11.5. The fourth-order valence-electron chi connectivity index (χ4n) is 2.90. The van der Waals surface area contributed by atoms with Crippen molar-refractivity contribution in [1.82, 2.24) is 4.98 Å². The summed E-state index contributed by atoms with van der Waals surface area (Å²) >= 11 is 1.44. The molecule has 0 atom stereocenters. The zero-order valence-corrected chi connectivity index (χ0v) is 16.3. The Morgan fingerprint density at radius 1 is 0.933 bits per heavy atom. The minimum absolute atomic E-state index is 0.141. The SMILES string of the molecule is COc1cccc(-c2nc3ccccc3s2)c1Oc1ccc([N+](=O)[O-])cc1[N+](=O)[O-]. The molecule has 0 spiro atoms. The Morgan fingerprint density at radius 3 is 2.43 bits per heavy atom. The number of hydrogen-bond acceptors (Lipinski definition) is 8. The molecule has 30 heavy (non-hydrogen) atoms. The van der Waals surface area contributed by atoms with Gasteiger partial charge in [-0.1, -0.05) is 18.2 Å². The fourth-order valence-corrected chi connectivity index (χ4v) is 3.88. The molecular formula is C20H13N3O6S. The van der Waals surface area contributed by atoms with E-state index in [9.17, 15) is 20.2 Å². The lowest BCUT2D eigenvalue weighted by molar-refractivity contribution is -0.394. The molecule has 1 aromatic heterocycles. The van der Waals surface area contributed by atoms with E-state index in [1.54, 1.807) is 18.2 Å². The lowest BCUT2D eigenvalue weighted by atomic mass is 10.2. The third-order valence-electron chi connectivity index (χ3n) is 4.29. The largest absolute Gasteiger partial charge is 0.493 e. The van der Waals surface area contributed by atoms with E-state index in [0.717, 1.165) is 22.3 Å². The Hall–Kier alpha value is -4.05. The van der Waals surface area contributed by atoms with Crippen molar-refractivity contribution in [2.45, 2.75) is 0 Å². The van der Waals surface area contributed by atoms with Crippen LogP contribution < -0.4 is 9.47 Å². The number of thiazole rings is 1. The van der Waals surface area contributed by atoms with Crippen LogP contribution in [0.3, 0.4) is 0 Å². The molecule has 0 radical (unpaired) electrons. The summed E-state index contributed by atoms with van der Waals surface area (Å²) in [6.45, 7) is 0. The average molecular weight is 423 g/mol. The topological polar surface area (TPSA) is 118 Å². The summed E-state index contributed by atoms with van der Waals surface area (Å²) in [5, 5.41) is 23.1. The van der Waals surface area contributed by atoms with E-state index >= 15 is 0 Å². The smallest absolute Gasteiger partial charge is 0.318 e. The second kappa shape index (κ2) is 7.76. The second-order valence-electron chi connectivity index (χ2n) is 6.09. The summed E-state index contributed by atoms with van der Waals surface area (Å²) in [7, 11) is 1.45. The van der Waals surface area contributed by atoms with Crippen LogP contribution in [0.25, 0.3) is 20.8 Å². The molecule has 0 N–H and O–H groups in total. The first-order valence-electron chi connectivity index (χ1n) is 8.61. The quantitative estimate of drug-likeness (QED) is 0.293. The summed E-state index contributed by atoms with van der Waals surface area (Å²) in [6.07, 6.45) is 0. The zero-order chi connectivity index (χ0) is 21.3. The summed E-state index contributed by atoms with van der Waals surface area (Å²) in [5.74, 6) is 0.438. The molecule has 1 heterocycles. The highest BCUT2D eigenvalue weighted by Gasteiger charge is 2.24. The predicted molar refractivity (Wildman–Crippen MR) is 111 cm³/mol. The highest BCUT2D eigenvalue weighted by molar-refractivity contribution is 7.21. The van der Waals surface area contributed by atoms with Crippen LogP contribution in [-0.4, -0.2) is 21.9 Å². The van der Waals surface area contributed by atoms with Gasteiger partial charge >= 0.3 is 5.69 Å². The number of benzene rings is 3. The summed E-state index contributed by atoms with van der Waals surface area (Å²) in [6, 6.07) is 16.0. The molecule has 4 aromatic rings. The van der Waals surface area contributed by atoms with Gasteiger partial charge in [-0.15, -0.1) is 11.3 Å². The maximum Gasteiger partial charge on any atom is 0.318 e.